The summed E-state index contributed by atoms with van der Waals surface area (Å²) in [5.41, 5.74) is 8.36. The van der Waals surface area contributed by atoms with Crippen LogP contribution in [0.4, 0.5) is 5.82 Å². The number of likely N-dealkylation sites (tertiary alicyclic amines) is 1. The first-order valence-electron chi connectivity index (χ1n) is 10.5. The van der Waals surface area contributed by atoms with Gasteiger partial charge in [-0.25, -0.2) is 9.97 Å². The van der Waals surface area contributed by atoms with Gasteiger partial charge in [-0.1, -0.05) is 6.07 Å². The van der Waals surface area contributed by atoms with Crippen LogP contribution in [0.2, 0.25) is 0 Å². The number of aryl methyl sites for hydroxylation is 2. The lowest BCUT2D eigenvalue weighted by Gasteiger charge is -2.33. The van der Waals surface area contributed by atoms with Gasteiger partial charge in [0, 0.05) is 30.5 Å². The molecule has 1 aliphatic rings. The molecule has 3 rings (SSSR count). The number of aromatic nitrogens is 3. The van der Waals surface area contributed by atoms with E-state index in [9.17, 15) is 9.59 Å². The Morgan fingerprint density at radius 1 is 1.23 bits per heavy atom. The molecule has 3 heterocycles. The second-order valence-corrected chi connectivity index (χ2v) is 7.94. The minimum absolute atomic E-state index is 0.0512. The summed E-state index contributed by atoms with van der Waals surface area (Å²) in [7, 11) is 0. The Hall–Kier alpha value is -3.03. The first-order valence-corrected chi connectivity index (χ1v) is 10.5. The Balaban J connectivity index is 1.47. The molecule has 3 N–H and O–H groups in total. The number of nitrogen functional groups attached to an aromatic ring is 1. The van der Waals surface area contributed by atoms with Crippen LogP contribution in [0, 0.1) is 19.8 Å². The smallest absolute Gasteiger partial charge is 0.270 e. The summed E-state index contributed by atoms with van der Waals surface area (Å²) in [5.74, 6) is 1.42. The minimum atomic E-state index is -0.580. The van der Waals surface area contributed by atoms with E-state index < -0.39 is 6.04 Å². The standard InChI is InChI=1S/C22H30N6O2/c1-14-18(20(23)27-16(3)25-14)8-7-17-9-12-28(13-10-17)22(30)15(2)26-21(29)19-6-4-5-11-24-19/h4-6,11,15,17H,7-10,12-13H2,1-3H3,(H,26,29)(H2,23,25,27)/t15-/m0/s1. The van der Waals surface area contributed by atoms with Gasteiger partial charge in [-0.15, -0.1) is 0 Å². The molecule has 2 aromatic heterocycles. The zero-order valence-electron chi connectivity index (χ0n) is 17.9. The van der Waals surface area contributed by atoms with Gasteiger partial charge in [-0.2, -0.15) is 0 Å². The number of hydrogen-bond acceptors (Lipinski definition) is 6. The first kappa shape index (κ1) is 21.7. The van der Waals surface area contributed by atoms with Crippen LogP contribution in [0.15, 0.2) is 24.4 Å². The topological polar surface area (TPSA) is 114 Å². The SMILES string of the molecule is Cc1nc(C)c(CCC2CCN(C(=O)[C@H](C)NC(=O)c3ccccn3)CC2)c(N)n1. The predicted octanol–water partition coefficient (Wildman–Crippen LogP) is 2.06. The van der Waals surface area contributed by atoms with Gasteiger partial charge in [0.2, 0.25) is 5.91 Å². The van der Waals surface area contributed by atoms with E-state index in [1.165, 1.54) is 0 Å². The fourth-order valence-corrected chi connectivity index (χ4v) is 3.97. The van der Waals surface area contributed by atoms with Crippen LogP contribution < -0.4 is 11.1 Å². The summed E-state index contributed by atoms with van der Waals surface area (Å²) in [5, 5.41) is 2.75. The van der Waals surface area contributed by atoms with Crippen molar-refractivity contribution in [3.63, 3.8) is 0 Å². The maximum absolute atomic E-state index is 12.7. The zero-order valence-corrected chi connectivity index (χ0v) is 17.9. The summed E-state index contributed by atoms with van der Waals surface area (Å²) in [6.45, 7) is 6.94. The number of rotatable bonds is 6. The molecular formula is C22H30N6O2. The van der Waals surface area contributed by atoms with Gasteiger partial charge < -0.3 is 16.0 Å². The van der Waals surface area contributed by atoms with E-state index in [1.807, 2.05) is 18.7 Å². The van der Waals surface area contributed by atoms with Crippen molar-refractivity contribution >= 4 is 17.6 Å². The molecule has 2 amide bonds. The summed E-state index contributed by atoms with van der Waals surface area (Å²) in [6.07, 6.45) is 5.30. The molecule has 0 spiro atoms. The van der Waals surface area contributed by atoms with E-state index in [4.69, 9.17) is 5.73 Å². The highest BCUT2D eigenvalue weighted by molar-refractivity contribution is 5.95. The largest absolute Gasteiger partial charge is 0.383 e. The first-order chi connectivity index (χ1) is 14.3. The number of nitrogens with one attached hydrogen (secondary N) is 1. The fraction of sp³-hybridized carbons (Fsp3) is 0.500. The minimum Gasteiger partial charge on any atom is -0.383 e. The molecule has 1 atom stereocenters. The summed E-state index contributed by atoms with van der Waals surface area (Å²) < 4.78 is 0. The molecule has 160 valence electrons. The van der Waals surface area contributed by atoms with Gasteiger partial charge in [0.1, 0.15) is 23.4 Å². The van der Waals surface area contributed by atoms with Crippen LogP contribution in [0.1, 0.15) is 53.8 Å². The highest BCUT2D eigenvalue weighted by atomic mass is 16.2. The monoisotopic (exact) mass is 410 g/mol. The molecule has 0 aliphatic carbocycles. The zero-order chi connectivity index (χ0) is 21.7. The average Bonchev–Trinajstić information content (AvgIpc) is 2.73. The van der Waals surface area contributed by atoms with Gasteiger partial charge in [0.15, 0.2) is 0 Å². The van der Waals surface area contributed by atoms with Crippen molar-refractivity contribution in [2.24, 2.45) is 5.92 Å². The van der Waals surface area contributed by atoms with Gasteiger partial charge in [-0.3, -0.25) is 14.6 Å². The van der Waals surface area contributed by atoms with Crippen LogP contribution >= 0.6 is 0 Å². The maximum Gasteiger partial charge on any atom is 0.270 e. The molecule has 8 nitrogen and oxygen atoms in total. The Labute approximate surface area is 177 Å². The van der Waals surface area contributed by atoms with Crippen molar-refractivity contribution in [3.05, 3.63) is 47.2 Å². The van der Waals surface area contributed by atoms with E-state index in [2.05, 4.69) is 20.3 Å². The number of piperidine rings is 1. The molecule has 0 saturated carbocycles. The molecule has 30 heavy (non-hydrogen) atoms. The highest BCUT2D eigenvalue weighted by Crippen LogP contribution is 2.25. The third-order valence-electron chi connectivity index (χ3n) is 5.70. The Kier molecular flexibility index (Phi) is 6.97. The van der Waals surface area contributed by atoms with E-state index in [0.717, 1.165) is 36.9 Å². The molecule has 2 aromatic rings. The summed E-state index contributed by atoms with van der Waals surface area (Å²) in [4.78, 5) is 39.5. The van der Waals surface area contributed by atoms with Crippen LogP contribution in [0.3, 0.4) is 0 Å². The quantitative estimate of drug-likeness (QED) is 0.753. The number of carbonyl (C=O) groups is 2. The Bertz CT molecular complexity index is 871. The lowest BCUT2D eigenvalue weighted by molar-refractivity contribution is -0.134. The van der Waals surface area contributed by atoms with Crippen molar-refractivity contribution in [2.45, 2.75) is 52.5 Å². The van der Waals surface area contributed by atoms with Crippen molar-refractivity contribution in [1.82, 2.24) is 25.2 Å². The highest BCUT2D eigenvalue weighted by Gasteiger charge is 2.27. The predicted molar refractivity (Wildman–Crippen MR) is 115 cm³/mol. The molecule has 0 aromatic carbocycles. The lowest BCUT2D eigenvalue weighted by Crippen LogP contribution is -2.49. The van der Waals surface area contributed by atoms with Gasteiger partial charge in [0.05, 0.1) is 0 Å². The summed E-state index contributed by atoms with van der Waals surface area (Å²) >= 11 is 0. The second-order valence-electron chi connectivity index (χ2n) is 7.94. The molecular weight excluding hydrogens is 380 g/mol. The number of nitrogens with two attached hydrogens (primary N) is 1. The van der Waals surface area contributed by atoms with Crippen LogP contribution in [0.5, 0.6) is 0 Å². The average molecular weight is 411 g/mol. The lowest BCUT2D eigenvalue weighted by atomic mass is 9.90. The van der Waals surface area contributed by atoms with Crippen LogP contribution in [0.25, 0.3) is 0 Å². The van der Waals surface area contributed by atoms with E-state index in [1.54, 1.807) is 31.3 Å². The summed E-state index contributed by atoms with van der Waals surface area (Å²) in [6, 6.07) is 4.54. The Morgan fingerprint density at radius 2 is 1.97 bits per heavy atom. The van der Waals surface area contributed by atoms with Gasteiger partial charge in [0.25, 0.3) is 5.91 Å². The third-order valence-corrected chi connectivity index (χ3v) is 5.70. The molecule has 0 radical (unpaired) electrons. The number of pyridine rings is 1. The van der Waals surface area contributed by atoms with E-state index >= 15 is 0 Å². The second kappa shape index (κ2) is 9.65. The third kappa shape index (κ3) is 5.31. The number of anilines is 1. The molecule has 1 saturated heterocycles. The van der Waals surface area contributed by atoms with Gasteiger partial charge in [-0.05, 0) is 64.5 Å². The molecule has 0 bridgehead atoms. The molecule has 0 unspecified atom stereocenters. The number of carbonyl (C=O) groups excluding carboxylic acids is 2. The van der Waals surface area contributed by atoms with E-state index in [-0.39, 0.29) is 11.8 Å². The molecule has 1 aliphatic heterocycles. The van der Waals surface area contributed by atoms with Crippen molar-refractivity contribution in [2.75, 3.05) is 18.8 Å². The van der Waals surface area contributed by atoms with Crippen LogP contribution in [-0.2, 0) is 11.2 Å². The molecule has 1 fully saturated rings. The number of amides is 2. The Morgan fingerprint density at radius 3 is 2.60 bits per heavy atom. The fourth-order valence-electron chi connectivity index (χ4n) is 3.97. The van der Waals surface area contributed by atoms with E-state index in [0.29, 0.717) is 36.3 Å². The van der Waals surface area contributed by atoms with Crippen LogP contribution in [-0.4, -0.2) is 50.8 Å². The van der Waals surface area contributed by atoms with Gasteiger partial charge >= 0.3 is 0 Å². The molecule has 8 heteroatoms. The van der Waals surface area contributed by atoms with Crippen molar-refractivity contribution in [1.29, 1.82) is 0 Å². The van der Waals surface area contributed by atoms with Crippen molar-refractivity contribution < 1.29 is 9.59 Å². The number of hydrogen-bond donors (Lipinski definition) is 2. The normalized spacial score (nSPS) is 15.6. The maximum atomic E-state index is 12.7. The van der Waals surface area contributed by atoms with Crippen molar-refractivity contribution in [3.8, 4) is 0 Å². The number of nitrogens with zero attached hydrogens (tertiary/aromatic N) is 4.